The van der Waals surface area contributed by atoms with E-state index in [0.29, 0.717) is 0 Å². The molecule has 0 spiro atoms. The molecule has 0 unspecified atom stereocenters. The summed E-state index contributed by atoms with van der Waals surface area (Å²) in [5.74, 6) is 0. The standard InChI is InChI=1S/C10H13N3O2/c11-8-4-3-7(6-10(8)13(14)15)9-2-1-5-12-9/h3-4,6,9,12H,1-2,5,11H2/t9-/m1/s1. The van der Waals surface area contributed by atoms with Crippen LogP contribution in [0.2, 0.25) is 0 Å². The molecule has 1 aromatic rings. The van der Waals surface area contributed by atoms with Gasteiger partial charge in [-0.2, -0.15) is 0 Å². The van der Waals surface area contributed by atoms with Crippen LogP contribution < -0.4 is 11.1 Å². The minimum atomic E-state index is -0.437. The number of rotatable bonds is 2. The first-order chi connectivity index (χ1) is 7.18. The summed E-state index contributed by atoms with van der Waals surface area (Å²) < 4.78 is 0. The summed E-state index contributed by atoms with van der Waals surface area (Å²) in [6.07, 6.45) is 2.14. The van der Waals surface area contributed by atoms with Crippen LogP contribution in [-0.4, -0.2) is 11.5 Å². The van der Waals surface area contributed by atoms with E-state index >= 15 is 0 Å². The van der Waals surface area contributed by atoms with E-state index in [0.717, 1.165) is 24.9 Å². The van der Waals surface area contributed by atoms with Gasteiger partial charge < -0.3 is 11.1 Å². The van der Waals surface area contributed by atoms with Gasteiger partial charge in [-0.15, -0.1) is 0 Å². The maximum absolute atomic E-state index is 10.7. The van der Waals surface area contributed by atoms with Gasteiger partial charge in [-0.25, -0.2) is 0 Å². The lowest BCUT2D eigenvalue weighted by molar-refractivity contribution is -0.384. The second kappa shape index (κ2) is 3.86. The van der Waals surface area contributed by atoms with Crippen LogP contribution in [0.25, 0.3) is 0 Å². The highest BCUT2D eigenvalue weighted by molar-refractivity contribution is 5.59. The number of hydrogen-bond acceptors (Lipinski definition) is 4. The Labute approximate surface area is 87.4 Å². The Bertz CT molecular complexity index is 386. The highest BCUT2D eigenvalue weighted by Crippen LogP contribution is 2.29. The zero-order chi connectivity index (χ0) is 10.8. The van der Waals surface area contributed by atoms with E-state index in [2.05, 4.69) is 5.32 Å². The first kappa shape index (κ1) is 9.92. The van der Waals surface area contributed by atoms with Crippen LogP contribution in [0, 0.1) is 10.1 Å². The average Bonchev–Trinajstić information content (AvgIpc) is 2.71. The smallest absolute Gasteiger partial charge is 0.292 e. The van der Waals surface area contributed by atoms with Crippen molar-refractivity contribution in [1.82, 2.24) is 5.32 Å². The van der Waals surface area contributed by atoms with Crippen molar-refractivity contribution in [3.63, 3.8) is 0 Å². The van der Waals surface area contributed by atoms with E-state index in [1.54, 1.807) is 12.1 Å². The summed E-state index contributed by atoms with van der Waals surface area (Å²) >= 11 is 0. The molecule has 1 heterocycles. The molecule has 0 saturated carbocycles. The van der Waals surface area contributed by atoms with Crippen molar-refractivity contribution >= 4 is 11.4 Å². The topological polar surface area (TPSA) is 81.2 Å². The molecule has 0 aromatic heterocycles. The number of hydrogen-bond donors (Lipinski definition) is 2. The van der Waals surface area contributed by atoms with E-state index in [9.17, 15) is 10.1 Å². The Morgan fingerprint density at radius 1 is 1.53 bits per heavy atom. The molecule has 80 valence electrons. The number of nitrogens with two attached hydrogens (primary N) is 1. The lowest BCUT2D eigenvalue weighted by Crippen LogP contribution is -2.13. The summed E-state index contributed by atoms with van der Waals surface area (Å²) in [6.45, 7) is 0.975. The molecule has 2 rings (SSSR count). The van der Waals surface area contributed by atoms with E-state index in [-0.39, 0.29) is 17.4 Å². The summed E-state index contributed by atoms with van der Waals surface area (Å²) in [6, 6.07) is 5.26. The van der Waals surface area contributed by atoms with Crippen LogP contribution in [0.5, 0.6) is 0 Å². The number of nitrogens with one attached hydrogen (secondary N) is 1. The van der Waals surface area contributed by atoms with Gasteiger partial charge in [0.15, 0.2) is 0 Å². The Balaban J connectivity index is 2.33. The zero-order valence-corrected chi connectivity index (χ0v) is 8.27. The molecule has 0 amide bonds. The van der Waals surface area contributed by atoms with E-state index in [1.165, 1.54) is 0 Å². The molecular weight excluding hydrogens is 194 g/mol. The number of benzene rings is 1. The fourth-order valence-corrected chi connectivity index (χ4v) is 1.90. The molecule has 0 bridgehead atoms. The SMILES string of the molecule is Nc1ccc([C@H]2CCCN2)cc1[N+](=O)[O-]. The minimum absolute atomic E-state index is 0.00111. The van der Waals surface area contributed by atoms with Gasteiger partial charge in [0, 0.05) is 12.1 Å². The van der Waals surface area contributed by atoms with Crippen molar-refractivity contribution in [3.05, 3.63) is 33.9 Å². The molecule has 1 aliphatic rings. The fraction of sp³-hybridized carbons (Fsp3) is 0.400. The van der Waals surface area contributed by atoms with Crippen molar-refractivity contribution in [2.75, 3.05) is 12.3 Å². The molecule has 1 aromatic carbocycles. The van der Waals surface area contributed by atoms with Crippen LogP contribution in [0.15, 0.2) is 18.2 Å². The van der Waals surface area contributed by atoms with Crippen molar-refractivity contribution in [2.45, 2.75) is 18.9 Å². The van der Waals surface area contributed by atoms with Crippen LogP contribution in [0.1, 0.15) is 24.4 Å². The first-order valence-corrected chi connectivity index (χ1v) is 4.95. The van der Waals surface area contributed by atoms with Crippen molar-refractivity contribution < 1.29 is 4.92 Å². The molecule has 0 radical (unpaired) electrons. The Morgan fingerprint density at radius 3 is 2.93 bits per heavy atom. The molecule has 15 heavy (non-hydrogen) atoms. The normalized spacial score (nSPS) is 20.4. The maximum atomic E-state index is 10.7. The fourth-order valence-electron chi connectivity index (χ4n) is 1.90. The van der Waals surface area contributed by atoms with Gasteiger partial charge >= 0.3 is 0 Å². The Kier molecular flexibility index (Phi) is 2.55. The van der Waals surface area contributed by atoms with Crippen LogP contribution in [0.4, 0.5) is 11.4 Å². The van der Waals surface area contributed by atoms with Crippen molar-refractivity contribution in [2.24, 2.45) is 0 Å². The average molecular weight is 207 g/mol. The summed E-state index contributed by atoms with van der Waals surface area (Å²) in [5, 5.41) is 14.0. The monoisotopic (exact) mass is 207 g/mol. The summed E-state index contributed by atoms with van der Waals surface area (Å²) in [4.78, 5) is 10.3. The molecule has 1 fully saturated rings. The Hall–Kier alpha value is -1.62. The number of nitro groups is 1. The second-order valence-electron chi connectivity index (χ2n) is 3.72. The first-order valence-electron chi connectivity index (χ1n) is 4.95. The Morgan fingerprint density at radius 2 is 2.33 bits per heavy atom. The molecule has 5 nitrogen and oxygen atoms in total. The van der Waals surface area contributed by atoms with Crippen LogP contribution >= 0.6 is 0 Å². The zero-order valence-electron chi connectivity index (χ0n) is 8.27. The maximum Gasteiger partial charge on any atom is 0.292 e. The quantitative estimate of drug-likeness (QED) is 0.438. The number of nitro benzene ring substituents is 1. The van der Waals surface area contributed by atoms with Gasteiger partial charge in [-0.3, -0.25) is 10.1 Å². The molecule has 0 aliphatic carbocycles. The van der Waals surface area contributed by atoms with Gasteiger partial charge in [-0.05, 0) is 31.0 Å². The van der Waals surface area contributed by atoms with E-state index < -0.39 is 4.92 Å². The third kappa shape index (κ3) is 1.92. The van der Waals surface area contributed by atoms with Crippen molar-refractivity contribution in [3.8, 4) is 0 Å². The van der Waals surface area contributed by atoms with E-state index in [1.807, 2.05) is 6.07 Å². The lowest BCUT2D eigenvalue weighted by atomic mass is 10.0. The predicted octanol–water partition coefficient (Wildman–Crippen LogP) is 1.60. The summed E-state index contributed by atoms with van der Waals surface area (Å²) in [5.41, 5.74) is 6.70. The number of nitrogen functional groups attached to an aromatic ring is 1. The second-order valence-corrected chi connectivity index (χ2v) is 3.72. The highest BCUT2D eigenvalue weighted by atomic mass is 16.6. The summed E-state index contributed by atoms with van der Waals surface area (Å²) in [7, 11) is 0. The van der Waals surface area contributed by atoms with Gasteiger partial charge in [0.2, 0.25) is 0 Å². The third-order valence-corrected chi connectivity index (χ3v) is 2.71. The molecule has 1 saturated heterocycles. The molecule has 1 atom stereocenters. The molecule has 3 N–H and O–H groups in total. The molecule has 1 aliphatic heterocycles. The predicted molar refractivity (Wildman–Crippen MR) is 57.5 cm³/mol. The van der Waals surface area contributed by atoms with Crippen LogP contribution in [0.3, 0.4) is 0 Å². The highest BCUT2D eigenvalue weighted by Gasteiger charge is 2.19. The van der Waals surface area contributed by atoms with Gasteiger partial charge in [0.25, 0.3) is 5.69 Å². The number of anilines is 1. The minimum Gasteiger partial charge on any atom is -0.393 e. The largest absolute Gasteiger partial charge is 0.393 e. The third-order valence-electron chi connectivity index (χ3n) is 2.71. The van der Waals surface area contributed by atoms with Gasteiger partial charge in [0.1, 0.15) is 5.69 Å². The van der Waals surface area contributed by atoms with E-state index in [4.69, 9.17) is 5.73 Å². The van der Waals surface area contributed by atoms with Gasteiger partial charge in [-0.1, -0.05) is 6.07 Å². The molecule has 5 heteroatoms. The van der Waals surface area contributed by atoms with Gasteiger partial charge in [0.05, 0.1) is 4.92 Å². The van der Waals surface area contributed by atoms with Crippen LogP contribution in [-0.2, 0) is 0 Å². The lowest BCUT2D eigenvalue weighted by Gasteiger charge is -2.10. The number of nitrogens with zero attached hydrogens (tertiary/aromatic N) is 1. The van der Waals surface area contributed by atoms with Crippen molar-refractivity contribution in [1.29, 1.82) is 0 Å². The molecular formula is C10H13N3O2.